The molecule has 0 radical (unpaired) electrons. The van der Waals surface area contributed by atoms with Gasteiger partial charge in [-0.05, 0) is 81.2 Å². The predicted molar refractivity (Wildman–Crippen MR) is 195 cm³/mol. The van der Waals surface area contributed by atoms with Crippen LogP contribution in [0.2, 0.25) is 0 Å². The lowest BCUT2D eigenvalue weighted by Gasteiger charge is -2.31. The Hall–Kier alpha value is -4.24. The molecule has 5 rings (SSSR count). The number of fused-ring (bicyclic) bond motifs is 5. The molecule has 9 heteroatoms. The third-order valence-corrected chi connectivity index (χ3v) is 9.90. The molecule has 1 N–H and O–H groups in total. The fourth-order valence-corrected chi connectivity index (χ4v) is 6.98. The monoisotopic (exact) mass is 684 g/mol. The molecular weight excluding hydrogens is 632 g/mol. The van der Waals surface area contributed by atoms with E-state index in [1.54, 1.807) is 35.8 Å². The van der Waals surface area contributed by atoms with Gasteiger partial charge < -0.3 is 23.9 Å². The second kappa shape index (κ2) is 17.6. The fourth-order valence-electron chi connectivity index (χ4n) is 6.98. The van der Waals surface area contributed by atoms with Crippen LogP contribution in [0.25, 0.3) is 22.3 Å². The fraction of sp³-hybridized carbons (Fsp3) is 0.512. The molecule has 0 aliphatic carbocycles. The molecule has 0 saturated carbocycles. The van der Waals surface area contributed by atoms with Crippen LogP contribution >= 0.6 is 0 Å². The molecule has 0 unspecified atom stereocenters. The Morgan fingerprint density at radius 2 is 1.66 bits per heavy atom. The molecule has 1 aromatic carbocycles. The molecule has 0 amide bonds. The van der Waals surface area contributed by atoms with Gasteiger partial charge >= 0.3 is 12.1 Å². The number of aromatic nitrogens is 2. The van der Waals surface area contributed by atoms with Crippen molar-refractivity contribution in [3.8, 4) is 17.1 Å². The van der Waals surface area contributed by atoms with E-state index in [0.717, 1.165) is 48.6 Å². The summed E-state index contributed by atoms with van der Waals surface area (Å²) in [7, 11) is 0. The Morgan fingerprint density at radius 1 is 0.940 bits per heavy atom. The Balaban J connectivity index is 1.10. The highest BCUT2D eigenvalue weighted by Crippen LogP contribution is 2.40. The summed E-state index contributed by atoms with van der Waals surface area (Å²) in [4.78, 5) is 43.5. The molecule has 0 spiro atoms. The number of carbonyl (C=O) groups is 2. The zero-order valence-corrected chi connectivity index (χ0v) is 29.9. The van der Waals surface area contributed by atoms with Crippen LogP contribution in [0, 0.1) is 0 Å². The largest absolute Gasteiger partial charge is 0.513 e. The quantitative estimate of drug-likeness (QED) is 0.0478. The maximum absolute atomic E-state index is 13.6. The molecule has 4 heterocycles. The van der Waals surface area contributed by atoms with Crippen LogP contribution in [-0.2, 0) is 39.4 Å². The first-order chi connectivity index (χ1) is 24.3. The number of allylic oxidation sites excluding steroid dienone is 4. The summed E-state index contributed by atoms with van der Waals surface area (Å²) in [5, 5.41) is 12.0. The summed E-state index contributed by atoms with van der Waals surface area (Å²) in [5.74, 6) is -0.383. The summed E-state index contributed by atoms with van der Waals surface area (Å²) in [6, 6.07) is 6.98. The normalized spacial score (nSPS) is 16.5. The number of hydrogen-bond acceptors (Lipinski definition) is 8. The zero-order valence-electron chi connectivity index (χ0n) is 29.9. The van der Waals surface area contributed by atoms with E-state index in [2.05, 4.69) is 31.2 Å². The number of ether oxygens (including phenoxy) is 3. The minimum Gasteiger partial charge on any atom is -0.458 e. The van der Waals surface area contributed by atoms with E-state index in [1.165, 1.54) is 44.9 Å². The molecular formula is C41H52N2O7. The first kappa shape index (κ1) is 37.0. The van der Waals surface area contributed by atoms with Gasteiger partial charge in [-0.25, -0.2) is 14.6 Å². The summed E-state index contributed by atoms with van der Waals surface area (Å²) >= 11 is 0. The number of unbranched alkanes of at least 4 members (excludes halogenated alkanes) is 9. The highest BCUT2D eigenvalue weighted by atomic mass is 16.7. The van der Waals surface area contributed by atoms with E-state index < -0.39 is 17.7 Å². The van der Waals surface area contributed by atoms with Gasteiger partial charge in [-0.1, -0.05) is 83.6 Å². The van der Waals surface area contributed by atoms with Crippen molar-refractivity contribution >= 4 is 23.0 Å². The smallest absolute Gasteiger partial charge is 0.458 e. The summed E-state index contributed by atoms with van der Waals surface area (Å²) in [6.07, 6.45) is 22.9. The first-order valence-corrected chi connectivity index (χ1v) is 18.6. The highest BCUT2D eigenvalue weighted by Gasteiger charge is 2.45. The molecule has 268 valence electrons. The third-order valence-electron chi connectivity index (χ3n) is 9.90. The molecule has 50 heavy (non-hydrogen) atoms. The lowest BCUT2D eigenvalue weighted by atomic mass is 9.86. The van der Waals surface area contributed by atoms with E-state index in [4.69, 9.17) is 19.2 Å². The number of cyclic esters (lactones) is 1. The van der Waals surface area contributed by atoms with E-state index in [-0.39, 0.29) is 29.7 Å². The zero-order chi connectivity index (χ0) is 35.5. The average molecular weight is 685 g/mol. The van der Waals surface area contributed by atoms with Gasteiger partial charge in [-0.15, -0.1) is 0 Å². The van der Waals surface area contributed by atoms with Gasteiger partial charge in [-0.3, -0.25) is 4.79 Å². The second-order valence-electron chi connectivity index (χ2n) is 13.3. The number of aliphatic hydroxyl groups is 1. The summed E-state index contributed by atoms with van der Waals surface area (Å²) in [5.41, 5.74) is 2.18. The number of benzene rings is 1. The predicted octanol–water partition coefficient (Wildman–Crippen LogP) is 8.97. The number of pyridine rings is 2. The second-order valence-corrected chi connectivity index (χ2v) is 13.3. The van der Waals surface area contributed by atoms with Crippen LogP contribution in [0.3, 0.4) is 0 Å². The van der Waals surface area contributed by atoms with Crippen molar-refractivity contribution in [2.45, 2.75) is 129 Å². The van der Waals surface area contributed by atoms with Crippen molar-refractivity contribution in [1.82, 2.24) is 9.55 Å². The highest BCUT2D eigenvalue weighted by molar-refractivity contribution is 5.90. The van der Waals surface area contributed by atoms with Gasteiger partial charge in [0.2, 0.25) is 0 Å². The van der Waals surface area contributed by atoms with Crippen molar-refractivity contribution in [1.29, 1.82) is 0 Å². The molecule has 2 aliphatic heterocycles. The maximum atomic E-state index is 13.6. The number of aryl methyl sites for hydroxylation is 1. The van der Waals surface area contributed by atoms with Crippen molar-refractivity contribution in [3.63, 3.8) is 0 Å². The average Bonchev–Trinajstić information content (AvgIpc) is 3.48. The molecule has 2 aromatic heterocycles. The van der Waals surface area contributed by atoms with Crippen LogP contribution < -0.4 is 10.3 Å². The minimum absolute atomic E-state index is 0.0847. The Kier molecular flexibility index (Phi) is 13.0. The van der Waals surface area contributed by atoms with Crippen LogP contribution in [0.1, 0.15) is 126 Å². The molecule has 1 atom stereocenters. The van der Waals surface area contributed by atoms with Crippen LogP contribution in [-0.4, -0.2) is 33.4 Å². The molecule has 0 saturated heterocycles. The van der Waals surface area contributed by atoms with Gasteiger partial charge in [-0.2, -0.15) is 0 Å². The summed E-state index contributed by atoms with van der Waals surface area (Å²) < 4.78 is 17.7. The van der Waals surface area contributed by atoms with E-state index in [0.29, 0.717) is 42.2 Å². The number of rotatable bonds is 18. The van der Waals surface area contributed by atoms with E-state index in [9.17, 15) is 19.5 Å². The number of esters is 1. The van der Waals surface area contributed by atoms with Crippen LogP contribution in [0.5, 0.6) is 5.75 Å². The molecule has 9 nitrogen and oxygen atoms in total. The van der Waals surface area contributed by atoms with Crippen molar-refractivity contribution in [3.05, 3.63) is 81.2 Å². The van der Waals surface area contributed by atoms with E-state index in [1.807, 2.05) is 6.92 Å². The lowest BCUT2D eigenvalue weighted by molar-refractivity contribution is -0.172. The minimum atomic E-state index is -1.88. The molecule has 3 aromatic rings. The lowest BCUT2D eigenvalue weighted by Crippen LogP contribution is -2.44. The number of nitrogens with zero attached hydrogens (tertiary/aromatic N) is 2. The van der Waals surface area contributed by atoms with Gasteiger partial charge in [0.25, 0.3) is 5.56 Å². The van der Waals surface area contributed by atoms with Crippen molar-refractivity contribution in [2.75, 3.05) is 6.61 Å². The van der Waals surface area contributed by atoms with Crippen LogP contribution in [0.15, 0.2) is 53.4 Å². The van der Waals surface area contributed by atoms with Gasteiger partial charge in [0.15, 0.2) is 5.60 Å². The molecule has 2 aliphatic rings. The van der Waals surface area contributed by atoms with E-state index >= 15 is 0 Å². The Labute approximate surface area is 295 Å². The SMILES string of the molecule is CCCCCC=CCC=CCCCCCCCCOC(=O)Oc1ccc2nc3c(c(CC)c2c1)Cn1c-3cc2c(c1=O)COC(=O)[C@]2(O)CC. The topological polar surface area (TPSA) is 117 Å². The van der Waals surface area contributed by atoms with Crippen LogP contribution in [0.4, 0.5) is 4.79 Å². The molecule has 0 fully saturated rings. The maximum Gasteiger partial charge on any atom is 0.513 e. The number of hydrogen-bond donors (Lipinski definition) is 1. The Morgan fingerprint density at radius 3 is 2.38 bits per heavy atom. The first-order valence-electron chi connectivity index (χ1n) is 18.6. The standard InChI is InChI=1S/C41H52N2O7/c1-4-7-8-9-10-11-12-13-14-15-16-17-18-19-20-21-24-48-40(46)50-29-22-23-35-31(25-29)30(5-2)32-27-43-36(37(32)42-35)26-34-33(38(43)44)28-49-39(45)41(34,47)6-3/h10-11,13-14,22-23,25-26,47H,4-9,12,15-21,24,27-28H2,1-3H3/t41-/m0/s1. The van der Waals surface area contributed by atoms with Gasteiger partial charge in [0, 0.05) is 16.5 Å². The Bertz CT molecular complexity index is 1790. The summed E-state index contributed by atoms with van der Waals surface area (Å²) in [6.45, 7) is 6.40. The third kappa shape index (κ3) is 8.37. The van der Waals surface area contributed by atoms with Gasteiger partial charge in [0.1, 0.15) is 12.4 Å². The van der Waals surface area contributed by atoms with Gasteiger partial charge in [0.05, 0.1) is 35.6 Å². The number of carbonyl (C=O) groups excluding carboxylic acids is 2. The van der Waals surface area contributed by atoms with Crippen molar-refractivity contribution < 1.29 is 28.9 Å². The van der Waals surface area contributed by atoms with Crippen molar-refractivity contribution in [2.24, 2.45) is 0 Å². The molecule has 0 bridgehead atoms.